The molecule has 0 saturated carbocycles. The first kappa shape index (κ1) is 64.8. The number of nitrogens with zero attached hydrogens (tertiary/aromatic N) is 9. The number of aryl methyl sites for hydroxylation is 20. The molecule has 0 aliphatic rings. The minimum Gasteiger partial charge on any atom is -0.361 e. The van der Waals surface area contributed by atoms with Crippen LogP contribution in [0, 0.1) is 138 Å². The zero-order valence-corrected chi connectivity index (χ0v) is 49.4. The molecule has 0 radical (unpaired) electrons. The van der Waals surface area contributed by atoms with Crippen molar-refractivity contribution >= 4 is 22.7 Å². The molecule has 9 aromatic heterocycles. The molecule has 396 valence electrons. The summed E-state index contributed by atoms with van der Waals surface area (Å²) in [6.07, 6.45) is 16.0. The number of thiazole rings is 1. The van der Waals surface area contributed by atoms with E-state index in [9.17, 15) is 0 Å². The van der Waals surface area contributed by atoms with E-state index >= 15 is 0 Å². The zero-order valence-electron chi connectivity index (χ0n) is 47.7. The average Bonchev–Trinajstić information content (AvgIpc) is 4.27. The molecule has 0 amide bonds. The minimum absolute atomic E-state index is 0.903. The second-order valence-electron chi connectivity index (χ2n) is 17.4. The van der Waals surface area contributed by atoms with Crippen molar-refractivity contribution in [3.63, 3.8) is 0 Å². The van der Waals surface area contributed by atoms with Crippen LogP contribution in [0.2, 0.25) is 0 Å². The van der Waals surface area contributed by atoms with Crippen LogP contribution in [0.15, 0.2) is 120 Å². The van der Waals surface area contributed by atoms with Crippen molar-refractivity contribution < 1.29 is 4.52 Å². The van der Waals surface area contributed by atoms with Gasteiger partial charge in [-0.25, -0.2) is 4.98 Å². The van der Waals surface area contributed by atoms with E-state index < -0.39 is 0 Å². The van der Waals surface area contributed by atoms with Gasteiger partial charge in [-0.05, 0) is 212 Å². The van der Waals surface area contributed by atoms with E-state index in [0.717, 1.165) is 51.2 Å². The lowest BCUT2D eigenvalue weighted by atomic mass is 10.1. The number of pyridine rings is 2. The van der Waals surface area contributed by atoms with Gasteiger partial charge in [0.1, 0.15) is 5.76 Å². The van der Waals surface area contributed by atoms with Crippen molar-refractivity contribution in [3.8, 4) is 0 Å². The first-order valence-electron chi connectivity index (χ1n) is 24.2. The Hall–Kier alpha value is -7.23. The fourth-order valence-electron chi connectivity index (χ4n) is 4.64. The highest BCUT2D eigenvalue weighted by molar-refractivity contribution is 7.10. The standard InChI is InChI=1S/C8H10.2C7H9N.C6H8N2.C6H8S.3C5H8N2.C5H7NO.C5H7NS/c1-7-5-3-4-6-8(7)2;1-6-3-4-8-5-7(6)2;1-6-4-3-5-8-7(6)2;1-5-6(2)8-4-3-7-5;1-5-3-4-7-6(5)2;4*1-4-3-6-7-5(4)2;1-4-5(2)7-3-6-4/h3-6H,1-2H3;2*3-5H,1-2H3;3-4H,1-2H3;3-4H,1-2H3;3*3H,1-2H3,(H,6,7);2*3H,1-2H3. The van der Waals surface area contributed by atoms with Gasteiger partial charge in [-0.1, -0.05) is 35.5 Å². The Morgan fingerprint density at radius 2 is 0.824 bits per heavy atom. The Balaban J connectivity index is 0.000000411. The summed E-state index contributed by atoms with van der Waals surface area (Å²) < 4.78 is 4.71. The Morgan fingerprint density at radius 3 is 1.01 bits per heavy atom. The molecule has 0 saturated heterocycles. The smallest absolute Gasteiger partial charge is 0.136 e. The number of aromatic nitrogens is 12. The van der Waals surface area contributed by atoms with Crippen molar-refractivity contribution in [2.45, 2.75) is 138 Å². The predicted molar refractivity (Wildman–Crippen MR) is 310 cm³/mol. The van der Waals surface area contributed by atoms with Gasteiger partial charge in [0.25, 0.3) is 0 Å². The molecule has 1 aromatic carbocycles. The summed E-state index contributed by atoms with van der Waals surface area (Å²) in [5.74, 6) is 0.903. The lowest BCUT2D eigenvalue weighted by Gasteiger charge is -1.93. The number of H-pyrrole nitrogens is 3. The number of nitrogens with one attached hydrogen (secondary N) is 3. The minimum atomic E-state index is 0.903. The van der Waals surface area contributed by atoms with Gasteiger partial charge in [-0.15, -0.1) is 22.7 Å². The third kappa shape index (κ3) is 28.1. The number of hydrogen-bond donors (Lipinski definition) is 3. The molecule has 9 heterocycles. The van der Waals surface area contributed by atoms with E-state index in [-0.39, 0.29) is 0 Å². The summed E-state index contributed by atoms with van der Waals surface area (Å²) in [6, 6.07) is 16.5. The van der Waals surface area contributed by atoms with Gasteiger partial charge in [-0.2, -0.15) is 15.3 Å². The first-order valence-corrected chi connectivity index (χ1v) is 26.0. The van der Waals surface area contributed by atoms with Gasteiger partial charge in [0, 0.05) is 69.1 Å². The average molecular weight is 1040 g/mol. The van der Waals surface area contributed by atoms with Crippen LogP contribution in [0.3, 0.4) is 0 Å². The van der Waals surface area contributed by atoms with E-state index in [4.69, 9.17) is 4.52 Å². The molecule has 0 bridgehead atoms. The fourth-order valence-corrected chi connectivity index (χ4v) is 5.96. The van der Waals surface area contributed by atoms with Crippen molar-refractivity contribution in [1.29, 1.82) is 0 Å². The van der Waals surface area contributed by atoms with Gasteiger partial charge in [-0.3, -0.25) is 35.2 Å². The molecule has 0 unspecified atom stereocenters. The third-order valence-corrected chi connectivity index (χ3v) is 13.3. The van der Waals surface area contributed by atoms with Crippen LogP contribution in [0.1, 0.15) is 111 Å². The summed E-state index contributed by atoms with van der Waals surface area (Å²) in [5.41, 5.74) is 22.4. The second-order valence-corrected chi connectivity index (χ2v) is 19.6. The maximum absolute atomic E-state index is 4.71. The molecule has 10 rings (SSSR count). The molecule has 0 atom stereocenters. The summed E-state index contributed by atoms with van der Waals surface area (Å²) in [7, 11) is 0. The monoisotopic (exact) mass is 1040 g/mol. The van der Waals surface area contributed by atoms with Gasteiger partial charge in [0.15, 0.2) is 0 Å². The maximum Gasteiger partial charge on any atom is 0.136 e. The molecule has 0 aliphatic heterocycles. The molecule has 74 heavy (non-hydrogen) atoms. The number of thiophene rings is 1. The lowest BCUT2D eigenvalue weighted by molar-refractivity contribution is 0.396. The van der Waals surface area contributed by atoms with Crippen LogP contribution < -0.4 is 0 Å². The van der Waals surface area contributed by atoms with Crippen LogP contribution in [-0.4, -0.2) is 60.7 Å². The van der Waals surface area contributed by atoms with Crippen molar-refractivity contribution in [3.05, 3.63) is 226 Å². The van der Waals surface area contributed by atoms with E-state index in [2.05, 4.69) is 158 Å². The summed E-state index contributed by atoms with van der Waals surface area (Å²) in [5, 5.41) is 25.5. The molecule has 10 aromatic rings. The summed E-state index contributed by atoms with van der Waals surface area (Å²) >= 11 is 3.50. The molecular weight excluding hydrogens is 957 g/mol. The van der Waals surface area contributed by atoms with Gasteiger partial charge in [0.2, 0.25) is 0 Å². The highest BCUT2D eigenvalue weighted by Gasteiger charge is 1.93. The van der Waals surface area contributed by atoms with Gasteiger partial charge >= 0.3 is 0 Å². The Kier molecular flexibility index (Phi) is 32.1. The topological polar surface area (TPSA) is 177 Å². The molecule has 0 spiro atoms. The molecule has 15 heteroatoms. The highest BCUT2D eigenvalue weighted by Crippen LogP contribution is 2.12. The highest BCUT2D eigenvalue weighted by atomic mass is 32.1. The first-order chi connectivity index (χ1) is 35.0. The Morgan fingerprint density at radius 1 is 0.351 bits per heavy atom. The maximum atomic E-state index is 4.71. The normalized spacial score (nSPS) is 9.35. The molecule has 0 fully saturated rings. The van der Waals surface area contributed by atoms with Crippen LogP contribution in [0.25, 0.3) is 0 Å². The largest absolute Gasteiger partial charge is 0.361 e. The third-order valence-electron chi connectivity index (χ3n) is 11.5. The zero-order chi connectivity index (χ0) is 55.6. The predicted octanol–water partition coefficient (Wildman–Crippen LogP) is 15.3. The molecular formula is C59H82N12OS2. The molecule has 13 nitrogen and oxygen atoms in total. The van der Waals surface area contributed by atoms with E-state index in [1.165, 1.54) is 59.8 Å². The van der Waals surface area contributed by atoms with Crippen molar-refractivity contribution in [2.75, 3.05) is 0 Å². The van der Waals surface area contributed by atoms with Crippen LogP contribution >= 0.6 is 22.7 Å². The summed E-state index contributed by atoms with van der Waals surface area (Å²) in [6.45, 7) is 40.6. The van der Waals surface area contributed by atoms with E-state index in [1.54, 1.807) is 41.3 Å². The van der Waals surface area contributed by atoms with Crippen LogP contribution in [0.5, 0.6) is 0 Å². The Labute approximate surface area is 450 Å². The SMILES string of the molecule is Cc1ccccc1C.Cc1cccnc1C.Cc1ccncc1C.Cc1ccsc1C.Cc1cn[nH]c1C.Cc1cn[nH]c1C.Cc1cn[nH]c1C.Cc1cnoc1C.Cc1nccnc1C.Cc1ncsc1C. The fraction of sp³-hybridized carbons (Fsp3) is 0.339. The Bertz CT molecular complexity index is 2350. The van der Waals surface area contributed by atoms with Crippen LogP contribution in [-0.2, 0) is 0 Å². The lowest BCUT2D eigenvalue weighted by Crippen LogP contribution is -1.87. The van der Waals surface area contributed by atoms with E-state index in [0.29, 0.717) is 0 Å². The number of rotatable bonds is 0. The van der Waals surface area contributed by atoms with Crippen LogP contribution in [0.4, 0.5) is 0 Å². The number of hydrogen-bond acceptors (Lipinski definition) is 12. The molecule has 3 N–H and O–H groups in total. The quantitative estimate of drug-likeness (QED) is 0.132. The van der Waals surface area contributed by atoms with Crippen molar-refractivity contribution in [2.24, 2.45) is 0 Å². The second kappa shape index (κ2) is 36.6. The number of benzene rings is 1. The van der Waals surface area contributed by atoms with Crippen molar-refractivity contribution in [1.82, 2.24) is 60.7 Å². The van der Waals surface area contributed by atoms with Gasteiger partial charge < -0.3 is 4.52 Å². The summed E-state index contributed by atoms with van der Waals surface area (Å²) in [4.78, 5) is 22.8. The molecule has 0 aliphatic carbocycles. The van der Waals surface area contributed by atoms with E-state index in [1.807, 2.05) is 138 Å². The number of aromatic amines is 3. The van der Waals surface area contributed by atoms with Gasteiger partial charge in [0.05, 0.1) is 47.4 Å².